The number of rotatable bonds is 2. The van der Waals surface area contributed by atoms with Gasteiger partial charge in [-0.3, -0.25) is 4.21 Å². The second-order valence-electron chi connectivity index (χ2n) is 6.48. The third-order valence-electron chi connectivity index (χ3n) is 4.25. The van der Waals surface area contributed by atoms with E-state index in [0.717, 1.165) is 4.90 Å². The Balaban J connectivity index is 2.28. The van der Waals surface area contributed by atoms with Crippen molar-refractivity contribution < 1.29 is 4.21 Å². The molecule has 0 saturated heterocycles. The smallest absolute Gasteiger partial charge is 0.0608 e. The highest BCUT2D eigenvalue weighted by Crippen LogP contribution is 2.38. The van der Waals surface area contributed by atoms with Gasteiger partial charge in [0.1, 0.15) is 0 Å². The maximum Gasteiger partial charge on any atom is 0.0608 e. The fourth-order valence-electron chi connectivity index (χ4n) is 3.03. The summed E-state index contributed by atoms with van der Waals surface area (Å²) < 4.78 is 12.9. The predicted octanol–water partition coefficient (Wildman–Crippen LogP) is 5.03. The van der Waals surface area contributed by atoms with Crippen LogP contribution >= 0.6 is 0 Å². The van der Waals surface area contributed by atoms with E-state index >= 15 is 0 Å². The minimum Gasteiger partial charge on any atom is -0.254 e. The van der Waals surface area contributed by atoms with Crippen LogP contribution < -0.4 is 0 Å². The van der Waals surface area contributed by atoms with Crippen LogP contribution in [0.1, 0.15) is 33.3 Å². The molecule has 0 fully saturated rings. The third-order valence-corrected chi connectivity index (χ3v) is 6.19. The van der Waals surface area contributed by atoms with Crippen molar-refractivity contribution in [3.05, 3.63) is 48.0 Å². The summed E-state index contributed by atoms with van der Waals surface area (Å²) in [5.74, 6) is 0.836. The van der Waals surface area contributed by atoms with Crippen molar-refractivity contribution in [2.45, 2.75) is 37.8 Å². The molecule has 3 rings (SSSR count). The third kappa shape index (κ3) is 2.46. The number of allylic oxidation sites excluding steroid dienone is 1. The molecule has 2 unspecified atom stereocenters. The summed E-state index contributed by atoms with van der Waals surface area (Å²) in [4.78, 5) is 1.01. The van der Waals surface area contributed by atoms with Gasteiger partial charge in [-0.15, -0.1) is 0 Å². The van der Waals surface area contributed by atoms with Gasteiger partial charge >= 0.3 is 0 Å². The predicted molar refractivity (Wildman–Crippen MR) is 91.8 cm³/mol. The lowest BCUT2D eigenvalue weighted by molar-refractivity contribution is 0.626. The van der Waals surface area contributed by atoms with E-state index in [2.05, 4.69) is 64.1 Å². The molecule has 0 aromatic heterocycles. The lowest BCUT2D eigenvalue weighted by atomic mass is 9.90. The summed E-state index contributed by atoms with van der Waals surface area (Å²) in [7, 11) is -0.953. The quantitative estimate of drug-likeness (QED) is 0.760. The van der Waals surface area contributed by atoms with Crippen molar-refractivity contribution >= 4 is 27.1 Å². The van der Waals surface area contributed by atoms with E-state index in [0.29, 0.717) is 11.8 Å². The molecule has 0 N–H and O–H groups in total. The summed E-state index contributed by atoms with van der Waals surface area (Å²) >= 11 is 0. The Morgan fingerprint density at radius 1 is 1.00 bits per heavy atom. The average molecular weight is 298 g/mol. The van der Waals surface area contributed by atoms with Crippen LogP contribution in [0.2, 0.25) is 0 Å². The molecule has 21 heavy (non-hydrogen) atoms. The maximum atomic E-state index is 12.9. The van der Waals surface area contributed by atoms with E-state index in [9.17, 15) is 4.21 Å². The Labute approximate surface area is 129 Å². The molecule has 0 bridgehead atoms. The molecule has 2 heteroatoms. The van der Waals surface area contributed by atoms with Crippen LogP contribution in [-0.2, 0) is 10.8 Å². The normalized spacial score (nSPS) is 21.7. The minimum atomic E-state index is -0.953. The lowest BCUT2D eigenvalue weighted by Gasteiger charge is -2.28. The Morgan fingerprint density at radius 2 is 1.62 bits per heavy atom. The highest BCUT2D eigenvalue weighted by atomic mass is 32.2. The van der Waals surface area contributed by atoms with Crippen molar-refractivity contribution in [3.8, 4) is 0 Å². The van der Waals surface area contributed by atoms with E-state index in [-0.39, 0.29) is 5.25 Å². The van der Waals surface area contributed by atoms with Gasteiger partial charge in [0.15, 0.2) is 0 Å². The van der Waals surface area contributed by atoms with Gasteiger partial charge in [0, 0.05) is 4.90 Å². The molecular formula is C19H22OS. The molecule has 1 nitrogen and oxygen atoms in total. The summed E-state index contributed by atoms with van der Waals surface area (Å²) in [6.07, 6.45) is 2.25. The zero-order valence-corrected chi connectivity index (χ0v) is 13.9. The first-order valence-corrected chi connectivity index (χ1v) is 8.85. The average Bonchev–Trinajstić information content (AvgIpc) is 2.45. The first-order valence-electron chi connectivity index (χ1n) is 7.64. The van der Waals surface area contributed by atoms with Crippen molar-refractivity contribution in [2.75, 3.05) is 0 Å². The van der Waals surface area contributed by atoms with Crippen molar-refractivity contribution in [1.29, 1.82) is 0 Å². The van der Waals surface area contributed by atoms with E-state index in [4.69, 9.17) is 0 Å². The van der Waals surface area contributed by atoms with Crippen molar-refractivity contribution in [2.24, 2.45) is 11.8 Å². The Hall–Kier alpha value is -1.41. The number of hydrogen-bond acceptors (Lipinski definition) is 1. The van der Waals surface area contributed by atoms with Crippen LogP contribution in [0, 0.1) is 11.8 Å². The summed E-state index contributed by atoms with van der Waals surface area (Å²) in [6, 6.07) is 12.7. The zero-order valence-electron chi connectivity index (χ0n) is 13.1. The summed E-state index contributed by atoms with van der Waals surface area (Å²) in [6.45, 7) is 8.75. The van der Waals surface area contributed by atoms with E-state index in [1.165, 1.54) is 21.9 Å². The highest BCUT2D eigenvalue weighted by Gasteiger charge is 2.29. The molecule has 0 spiro atoms. The van der Waals surface area contributed by atoms with Gasteiger partial charge in [-0.25, -0.2) is 0 Å². The fourth-order valence-corrected chi connectivity index (χ4v) is 4.72. The van der Waals surface area contributed by atoms with Gasteiger partial charge in [-0.1, -0.05) is 58.0 Å². The molecule has 2 atom stereocenters. The Bertz CT molecular complexity index is 740. The number of hydrogen-bond donors (Lipinski definition) is 0. The fraction of sp³-hybridized carbons (Fsp3) is 0.368. The first kappa shape index (κ1) is 14.5. The van der Waals surface area contributed by atoms with Crippen LogP contribution in [0.3, 0.4) is 0 Å². The van der Waals surface area contributed by atoms with Crippen LogP contribution in [-0.4, -0.2) is 9.46 Å². The van der Waals surface area contributed by atoms with Crippen LogP contribution in [0.15, 0.2) is 47.4 Å². The van der Waals surface area contributed by atoms with E-state index in [1.807, 2.05) is 6.07 Å². The second kappa shape index (κ2) is 5.42. The molecule has 0 radical (unpaired) electrons. The van der Waals surface area contributed by atoms with E-state index in [1.54, 1.807) is 0 Å². The van der Waals surface area contributed by atoms with Gasteiger partial charge in [0.25, 0.3) is 0 Å². The number of fused-ring (bicyclic) bond motifs is 2. The molecule has 1 aliphatic heterocycles. The highest BCUT2D eigenvalue weighted by molar-refractivity contribution is 7.86. The molecule has 0 aliphatic carbocycles. The Morgan fingerprint density at radius 3 is 2.19 bits per heavy atom. The maximum absolute atomic E-state index is 12.9. The monoisotopic (exact) mass is 298 g/mol. The molecule has 2 aromatic carbocycles. The minimum absolute atomic E-state index is 0.121. The molecule has 110 valence electrons. The zero-order chi connectivity index (χ0) is 15.1. The van der Waals surface area contributed by atoms with Gasteiger partial charge in [-0.05, 0) is 45.9 Å². The SMILES string of the molecule is CC(C)C1=CC(C(C)C)S(=O)c2cc3ccccc3cc21. The summed E-state index contributed by atoms with van der Waals surface area (Å²) in [5.41, 5.74) is 2.52. The van der Waals surface area contributed by atoms with Crippen LogP contribution in [0.25, 0.3) is 16.3 Å². The number of benzene rings is 2. The standard InChI is InChI=1S/C19H22OS/c1-12(2)16-11-18(13(3)4)21(20)19-10-15-8-6-5-7-14(15)9-17(16)19/h5-13,18H,1-4H3. The molecule has 0 amide bonds. The molecular weight excluding hydrogens is 276 g/mol. The largest absolute Gasteiger partial charge is 0.254 e. The topological polar surface area (TPSA) is 17.1 Å². The lowest BCUT2D eigenvalue weighted by Crippen LogP contribution is -2.25. The van der Waals surface area contributed by atoms with Crippen LogP contribution in [0.5, 0.6) is 0 Å². The van der Waals surface area contributed by atoms with Crippen molar-refractivity contribution in [1.82, 2.24) is 0 Å². The summed E-state index contributed by atoms with van der Waals surface area (Å²) in [5, 5.41) is 2.52. The second-order valence-corrected chi connectivity index (χ2v) is 8.06. The molecule has 1 aliphatic rings. The molecule has 1 heterocycles. The molecule has 0 saturated carbocycles. The van der Waals surface area contributed by atoms with Gasteiger partial charge in [0.2, 0.25) is 0 Å². The van der Waals surface area contributed by atoms with E-state index < -0.39 is 10.8 Å². The van der Waals surface area contributed by atoms with Gasteiger partial charge < -0.3 is 0 Å². The van der Waals surface area contributed by atoms with Gasteiger partial charge in [0.05, 0.1) is 16.0 Å². The molecule has 2 aromatic rings. The first-order chi connectivity index (χ1) is 9.99. The van der Waals surface area contributed by atoms with Crippen LogP contribution in [0.4, 0.5) is 0 Å². The van der Waals surface area contributed by atoms with Gasteiger partial charge in [-0.2, -0.15) is 0 Å². The van der Waals surface area contributed by atoms with Crippen molar-refractivity contribution in [3.63, 3.8) is 0 Å². The Kier molecular flexibility index (Phi) is 3.75.